The first-order chi connectivity index (χ1) is 7.04. The molecular weight excluding hydrogens is 251 g/mol. The summed E-state index contributed by atoms with van der Waals surface area (Å²) in [7, 11) is 0. The van der Waals surface area contributed by atoms with E-state index < -0.39 is 0 Å². The van der Waals surface area contributed by atoms with Gasteiger partial charge in [-0.2, -0.15) is 5.26 Å². The third-order valence-electron chi connectivity index (χ3n) is 1.65. The molecule has 0 spiro atoms. The molecule has 2 N–H and O–H groups in total. The zero-order chi connectivity index (χ0) is 11.4. The number of hydrogen-bond donors (Lipinski definition) is 1. The molecule has 2 nitrogen and oxygen atoms in total. The molecule has 1 aromatic rings. The van der Waals surface area contributed by atoms with Crippen molar-refractivity contribution in [2.24, 2.45) is 5.73 Å². The molecule has 0 amide bonds. The van der Waals surface area contributed by atoms with Crippen molar-refractivity contribution in [3.8, 4) is 6.07 Å². The van der Waals surface area contributed by atoms with E-state index in [1.807, 2.05) is 6.07 Å². The lowest BCUT2D eigenvalue weighted by molar-refractivity contribution is 1.51. The smallest absolute Gasteiger partial charge is 0.114 e. The lowest BCUT2D eigenvalue weighted by Gasteiger charge is -2.00. The molecule has 1 rings (SSSR count). The molecule has 0 radical (unpaired) electrons. The molecule has 0 bridgehead atoms. The summed E-state index contributed by atoms with van der Waals surface area (Å²) in [5.41, 5.74) is 6.22. The summed E-state index contributed by atoms with van der Waals surface area (Å²) in [6.07, 6.45) is 1.53. The molecule has 76 valence electrons. The number of halogens is 2. The van der Waals surface area contributed by atoms with Crippen LogP contribution in [0.25, 0.3) is 6.08 Å². The van der Waals surface area contributed by atoms with E-state index in [9.17, 15) is 0 Å². The average Bonchev–Trinajstić information content (AvgIpc) is 2.16. The fourth-order valence-corrected chi connectivity index (χ4v) is 1.50. The van der Waals surface area contributed by atoms with Crippen molar-refractivity contribution in [2.45, 2.75) is 0 Å². The third kappa shape index (κ3) is 3.21. The molecule has 0 aliphatic carbocycles. The Hall–Kier alpha value is -1.08. The Morgan fingerprint density at radius 3 is 2.60 bits per heavy atom. The predicted octanol–water partition coefficient (Wildman–Crippen LogP) is 3.19. The highest BCUT2D eigenvalue weighted by atomic mass is 35.5. The van der Waals surface area contributed by atoms with Crippen LogP contribution in [-0.4, -0.2) is 4.99 Å². The van der Waals surface area contributed by atoms with Crippen LogP contribution in [0, 0.1) is 11.3 Å². The van der Waals surface area contributed by atoms with Crippen LogP contribution in [-0.2, 0) is 0 Å². The second kappa shape index (κ2) is 5.13. The minimum absolute atomic E-state index is 0.0449. The van der Waals surface area contributed by atoms with Gasteiger partial charge >= 0.3 is 0 Å². The maximum atomic E-state index is 8.75. The van der Waals surface area contributed by atoms with E-state index in [-0.39, 0.29) is 10.6 Å². The van der Waals surface area contributed by atoms with Crippen molar-refractivity contribution in [3.05, 3.63) is 39.4 Å². The summed E-state index contributed by atoms with van der Waals surface area (Å²) in [4.78, 5) is 0.0449. The summed E-state index contributed by atoms with van der Waals surface area (Å²) in [6.45, 7) is 0. The fraction of sp³-hybridized carbons (Fsp3) is 0. The molecule has 0 aromatic heterocycles. The predicted molar refractivity (Wildman–Crippen MR) is 66.8 cm³/mol. The zero-order valence-corrected chi connectivity index (χ0v) is 9.83. The van der Waals surface area contributed by atoms with Crippen molar-refractivity contribution < 1.29 is 0 Å². The van der Waals surface area contributed by atoms with Crippen LogP contribution in [0.2, 0.25) is 10.0 Å². The minimum atomic E-state index is 0.0449. The molecule has 0 unspecified atom stereocenters. The zero-order valence-electron chi connectivity index (χ0n) is 7.50. The highest BCUT2D eigenvalue weighted by Gasteiger charge is 2.03. The molecule has 0 atom stereocenters. The van der Waals surface area contributed by atoms with E-state index in [0.717, 1.165) is 0 Å². The first-order valence-corrected chi connectivity index (χ1v) is 5.07. The lowest BCUT2D eigenvalue weighted by atomic mass is 10.1. The molecule has 0 fully saturated rings. The van der Waals surface area contributed by atoms with E-state index in [4.69, 9.17) is 46.4 Å². The molecule has 0 saturated heterocycles. The summed E-state index contributed by atoms with van der Waals surface area (Å²) in [6, 6.07) is 6.85. The lowest BCUT2D eigenvalue weighted by Crippen LogP contribution is -2.09. The van der Waals surface area contributed by atoms with Gasteiger partial charge in [0.1, 0.15) is 11.1 Å². The second-order valence-corrected chi connectivity index (χ2v) is 3.98. The van der Waals surface area contributed by atoms with Gasteiger partial charge in [-0.1, -0.05) is 41.5 Å². The standard InChI is InChI=1S/C10H6Cl2N2S/c11-8-2-1-6(9(12)4-8)3-7(5-13)10(14)15/h1-4H,(H2,14,15). The van der Waals surface area contributed by atoms with Crippen LogP contribution in [0.1, 0.15) is 5.56 Å². The van der Waals surface area contributed by atoms with Gasteiger partial charge in [0.15, 0.2) is 0 Å². The van der Waals surface area contributed by atoms with Gasteiger partial charge in [-0.05, 0) is 23.8 Å². The van der Waals surface area contributed by atoms with Crippen LogP contribution in [0.15, 0.2) is 23.8 Å². The topological polar surface area (TPSA) is 49.8 Å². The Morgan fingerprint density at radius 2 is 2.13 bits per heavy atom. The number of thiocarbonyl (C=S) groups is 1. The Morgan fingerprint density at radius 1 is 1.47 bits per heavy atom. The molecule has 1 aromatic carbocycles. The third-order valence-corrected chi connectivity index (χ3v) is 2.43. The van der Waals surface area contributed by atoms with Gasteiger partial charge < -0.3 is 5.73 Å². The summed E-state index contributed by atoms with van der Waals surface area (Å²) in [5, 5.41) is 9.73. The molecule has 15 heavy (non-hydrogen) atoms. The number of hydrogen-bond acceptors (Lipinski definition) is 2. The Bertz CT molecular complexity index is 475. The SMILES string of the molecule is N#CC(=Cc1ccc(Cl)cc1Cl)C(N)=S. The first kappa shape index (κ1) is 12.0. The van der Waals surface area contributed by atoms with Gasteiger partial charge in [0.05, 0.1) is 5.57 Å². The second-order valence-electron chi connectivity index (χ2n) is 2.70. The Labute approximate surface area is 103 Å². The van der Waals surface area contributed by atoms with Crippen molar-refractivity contribution in [1.82, 2.24) is 0 Å². The summed E-state index contributed by atoms with van der Waals surface area (Å²) in [5.74, 6) is 0. The van der Waals surface area contributed by atoms with Crippen LogP contribution in [0.4, 0.5) is 0 Å². The number of benzene rings is 1. The van der Waals surface area contributed by atoms with E-state index in [0.29, 0.717) is 15.6 Å². The fourth-order valence-electron chi connectivity index (χ4n) is 0.933. The maximum Gasteiger partial charge on any atom is 0.114 e. The number of nitriles is 1. The number of nitrogens with two attached hydrogens (primary N) is 1. The largest absolute Gasteiger partial charge is 0.389 e. The van der Waals surface area contributed by atoms with Crippen LogP contribution in [0.5, 0.6) is 0 Å². The normalized spacial score (nSPS) is 10.9. The number of rotatable bonds is 2. The van der Waals surface area contributed by atoms with Gasteiger partial charge in [-0.15, -0.1) is 0 Å². The van der Waals surface area contributed by atoms with E-state index >= 15 is 0 Å². The van der Waals surface area contributed by atoms with Crippen molar-refractivity contribution in [1.29, 1.82) is 5.26 Å². The Kier molecular flexibility index (Phi) is 4.10. The molecule has 5 heteroatoms. The van der Waals surface area contributed by atoms with E-state index in [1.165, 1.54) is 6.08 Å². The number of nitrogens with zero attached hydrogens (tertiary/aromatic N) is 1. The van der Waals surface area contributed by atoms with Gasteiger partial charge in [-0.3, -0.25) is 0 Å². The quantitative estimate of drug-likeness (QED) is 0.503. The molecule has 0 saturated carbocycles. The van der Waals surface area contributed by atoms with Crippen molar-refractivity contribution in [2.75, 3.05) is 0 Å². The summed E-state index contributed by atoms with van der Waals surface area (Å²) < 4.78 is 0. The molecular formula is C10H6Cl2N2S. The van der Waals surface area contributed by atoms with E-state index in [1.54, 1.807) is 18.2 Å². The van der Waals surface area contributed by atoms with Crippen molar-refractivity contribution >= 4 is 46.5 Å². The van der Waals surface area contributed by atoms with Gasteiger partial charge in [-0.25, -0.2) is 0 Å². The Balaban J connectivity index is 3.19. The highest BCUT2D eigenvalue weighted by molar-refractivity contribution is 7.80. The van der Waals surface area contributed by atoms with E-state index in [2.05, 4.69) is 0 Å². The van der Waals surface area contributed by atoms with Crippen LogP contribution >= 0.6 is 35.4 Å². The molecule has 0 aliphatic rings. The minimum Gasteiger partial charge on any atom is -0.389 e. The van der Waals surface area contributed by atoms with Crippen molar-refractivity contribution in [3.63, 3.8) is 0 Å². The monoisotopic (exact) mass is 256 g/mol. The van der Waals surface area contributed by atoms with Gasteiger partial charge in [0.25, 0.3) is 0 Å². The highest BCUT2D eigenvalue weighted by Crippen LogP contribution is 2.22. The van der Waals surface area contributed by atoms with Gasteiger partial charge in [0.2, 0.25) is 0 Å². The summed E-state index contributed by atoms with van der Waals surface area (Å²) >= 11 is 16.3. The van der Waals surface area contributed by atoms with Crippen LogP contribution < -0.4 is 5.73 Å². The van der Waals surface area contributed by atoms with Gasteiger partial charge in [0, 0.05) is 10.0 Å². The average molecular weight is 257 g/mol. The molecule has 0 heterocycles. The first-order valence-electron chi connectivity index (χ1n) is 3.91. The van der Waals surface area contributed by atoms with Crippen LogP contribution in [0.3, 0.4) is 0 Å². The molecule has 0 aliphatic heterocycles. The maximum absolute atomic E-state index is 8.75.